The van der Waals surface area contributed by atoms with E-state index in [0.29, 0.717) is 5.69 Å². The average molecular weight is 457 g/mol. The third-order valence-corrected chi connectivity index (χ3v) is 6.27. The fourth-order valence-corrected chi connectivity index (χ4v) is 4.75. The van der Waals surface area contributed by atoms with Crippen LogP contribution in [0.4, 0.5) is 10.8 Å². The van der Waals surface area contributed by atoms with Gasteiger partial charge in [0.25, 0.3) is 11.6 Å². The first-order chi connectivity index (χ1) is 15.9. The molecular weight excluding hydrogens is 442 g/mol. The lowest BCUT2D eigenvalue weighted by Crippen LogP contribution is -2.17. The Labute approximate surface area is 191 Å². The molecule has 1 amide bonds. The summed E-state index contributed by atoms with van der Waals surface area (Å²) in [5, 5.41) is 25.2. The number of benzene rings is 3. The Morgan fingerprint density at radius 3 is 2.61 bits per heavy atom. The van der Waals surface area contributed by atoms with Gasteiger partial charge in [-0.05, 0) is 40.8 Å². The van der Waals surface area contributed by atoms with Crippen molar-refractivity contribution in [1.82, 2.24) is 4.98 Å². The fraction of sp³-hybridized carbons (Fsp3) is 0.0417. The van der Waals surface area contributed by atoms with E-state index >= 15 is 0 Å². The van der Waals surface area contributed by atoms with E-state index in [1.54, 1.807) is 5.38 Å². The van der Waals surface area contributed by atoms with E-state index in [9.17, 15) is 24.8 Å². The standard InChI is InChI=1S/C24H15N3O5S/c28-22(18-6-3-7-20(27(31)32)21(18)23(29)30)26-24-25-19(12-33-24)14-8-9-17-15(11-14)10-13-4-1-2-5-16(13)17/h1-9,11-12H,10H2,(H,29,30)(H,25,26,28). The molecule has 33 heavy (non-hydrogen) atoms. The van der Waals surface area contributed by atoms with Crippen LogP contribution in [0.5, 0.6) is 0 Å². The lowest BCUT2D eigenvalue weighted by Gasteiger charge is -2.06. The number of nitro benzene ring substituents is 1. The molecule has 4 aromatic rings. The molecule has 0 atom stereocenters. The van der Waals surface area contributed by atoms with Gasteiger partial charge in [0, 0.05) is 17.0 Å². The minimum absolute atomic E-state index is 0.265. The lowest BCUT2D eigenvalue weighted by molar-refractivity contribution is -0.385. The third kappa shape index (κ3) is 3.64. The molecule has 0 radical (unpaired) electrons. The van der Waals surface area contributed by atoms with Crippen molar-refractivity contribution in [3.63, 3.8) is 0 Å². The zero-order valence-corrected chi connectivity index (χ0v) is 17.8. The molecule has 0 bridgehead atoms. The number of aromatic nitrogens is 1. The summed E-state index contributed by atoms with van der Waals surface area (Å²) in [5.41, 5.74) is 4.89. The van der Waals surface area contributed by atoms with Gasteiger partial charge in [-0.25, -0.2) is 9.78 Å². The molecule has 9 heteroatoms. The Balaban J connectivity index is 1.40. The summed E-state index contributed by atoms with van der Waals surface area (Å²) in [5.74, 6) is -2.33. The molecule has 1 aromatic heterocycles. The Morgan fingerprint density at radius 2 is 1.82 bits per heavy atom. The van der Waals surface area contributed by atoms with Crippen LogP contribution in [0.3, 0.4) is 0 Å². The minimum atomic E-state index is -1.55. The number of carbonyl (C=O) groups is 2. The highest BCUT2D eigenvalue weighted by atomic mass is 32.1. The highest BCUT2D eigenvalue weighted by Crippen LogP contribution is 2.38. The predicted molar refractivity (Wildman–Crippen MR) is 124 cm³/mol. The molecule has 1 heterocycles. The smallest absolute Gasteiger partial charge is 0.343 e. The Bertz CT molecular complexity index is 1460. The normalized spacial score (nSPS) is 11.5. The molecule has 0 spiro atoms. The molecule has 0 saturated heterocycles. The summed E-state index contributed by atoms with van der Waals surface area (Å²) in [7, 11) is 0. The largest absolute Gasteiger partial charge is 0.477 e. The van der Waals surface area contributed by atoms with Crippen LogP contribution >= 0.6 is 11.3 Å². The molecule has 5 rings (SSSR count). The van der Waals surface area contributed by atoms with Gasteiger partial charge in [-0.2, -0.15) is 0 Å². The van der Waals surface area contributed by atoms with Crippen molar-refractivity contribution >= 4 is 34.0 Å². The molecule has 8 nitrogen and oxygen atoms in total. The number of anilines is 1. The molecule has 1 aliphatic carbocycles. The fourth-order valence-electron chi connectivity index (χ4n) is 4.04. The minimum Gasteiger partial charge on any atom is -0.477 e. The number of nitrogens with one attached hydrogen (secondary N) is 1. The van der Waals surface area contributed by atoms with Crippen LogP contribution in [0.2, 0.25) is 0 Å². The summed E-state index contributed by atoms with van der Waals surface area (Å²) in [6.45, 7) is 0. The van der Waals surface area contributed by atoms with E-state index in [1.807, 2.05) is 18.2 Å². The molecule has 1 aliphatic rings. The van der Waals surface area contributed by atoms with Crippen LogP contribution in [0, 0.1) is 10.1 Å². The second-order valence-corrected chi connectivity index (χ2v) is 8.32. The Kier molecular flexibility index (Phi) is 4.95. The maximum atomic E-state index is 12.7. The van der Waals surface area contributed by atoms with Crippen molar-refractivity contribution in [2.45, 2.75) is 6.42 Å². The summed E-state index contributed by atoms with van der Waals surface area (Å²) >= 11 is 1.19. The molecule has 3 aromatic carbocycles. The Morgan fingerprint density at radius 1 is 1.03 bits per heavy atom. The van der Waals surface area contributed by atoms with Crippen molar-refractivity contribution in [2.24, 2.45) is 0 Å². The molecular formula is C24H15N3O5S. The predicted octanol–water partition coefficient (Wildman–Crippen LogP) is 5.24. The van der Waals surface area contributed by atoms with Gasteiger partial charge in [0.2, 0.25) is 0 Å². The third-order valence-electron chi connectivity index (χ3n) is 5.51. The topological polar surface area (TPSA) is 122 Å². The van der Waals surface area contributed by atoms with E-state index < -0.39 is 28.1 Å². The molecule has 0 saturated carbocycles. The first-order valence-electron chi connectivity index (χ1n) is 9.91. The maximum Gasteiger partial charge on any atom is 0.343 e. The molecule has 2 N–H and O–H groups in total. The number of hydrogen-bond donors (Lipinski definition) is 2. The summed E-state index contributed by atoms with van der Waals surface area (Å²) in [6, 6.07) is 18.0. The lowest BCUT2D eigenvalue weighted by atomic mass is 10.0. The second kappa shape index (κ2) is 7.95. The quantitative estimate of drug-likeness (QED) is 0.275. The Hall–Kier alpha value is -4.37. The highest BCUT2D eigenvalue weighted by Gasteiger charge is 2.27. The SMILES string of the molecule is O=C(Nc1nc(-c2ccc3c(c2)Cc2ccccc2-3)cs1)c1cccc([N+](=O)[O-])c1C(=O)O. The number of amides is 1. The number of carbonyl (C=O) groups excluding carboxylic acids is 1. The number of hydrogen-bond acceptors (Lipinski definition) is 6. The van der Waals surface area contributed by atoms with Crippen molar-refractivity contribution in [3.05, 3.63) is 98.4 Å². The van der Waals surface area contributed by atoms with Crippen molar-refractivity contribution in [1.29, 1.82) is 0 Å². The molecule has 0 aliphatic heterocycles. The van der Waals surface area contributed by atoms with Gasteiger partial charge >= 0.3 is 5.97 Å². The zero-order chi connectivity index (χ0) is 23.1. The first-order valence-corrected chi connectivity index (χ1v) is 10.8. The number of fused-ring (bicyclic) bond motifs is 3. The van der Waals surface area contributed by atoms with Crippen LogP contribution in [0.1, 0.15) is 31.8 Å². The van der Waals surface area contributed by atoms with E-state index in [4.69, 9.17) is 0 Å². The van der Waals surface area contributed by atoms with Crippen LogP contribution in [0.15, 0.2) is 66.0 Å². The number of nitro groups is 1. The summed E-state index contributed by atoms with van der Waals surface area (Å²) < 4.78 is 0. The van der Waals surface area contributed by atoms with E-state index in [-0.39, 0.29) is 10.7 Å². The number of thiazole rings is 1. The number of carboxylic acid groups (broad SMARTS) is 1. The average Bonchev–Trinajstić information content (AvgIpc) is 3.42. The summed E-state index contributed by atoms with van der Waals surface area (Å²) in [6.07, 6.45) is 0.845. The number of carboxylic acids is 1. The van der Waals surface area contributed by atoms with Crippen LogP contribution < -0.4 is 5.32 Å². The van der Waals surface area contributed by atoms with E-state index in [0.717, 1.165) is 18.1 Å². The van der Waals surface area contributed by atoms with Crippen LogP contribution in [0.25, 0.3) is 22.4 Å². The van der Waals surface area contributed by atoms with Gasteiger partial charge in [0.05, 0.1) is 16.2 Å². The van der Waals surface area contributed by atoms with Crippen LogP contribution in [-0.2, 0) is 6.42 Å². The van der Waals surface area contributed by atoms with Crippen molar-refractivity contribution in [3.8, 4) is 22.4 Å². The number of rotatable bonds is 5. The van der Waals surface area contributed by atoms with Crippen LogP contribution in [-0.4, -0.2) is 26.9 Å². The van der Waals surface area contributed by atoms with E-state index in [2.05, 4.69) is 34.6 Å². The monoisotopic (exact) mass is 457 g/mol. The van der Waals surface area contributed by atoms with E-state index in [1.165, 1.54) is 45.7 Å². The number of aromatic carboxylic acids is 1. The van der Waals surface area contributed by atoms with Gasteiger partial charge in [-0.15, -0.1) is 11.3 Å². The van der Waals surface area contributed by atoms with Gasteiger partial charge in [-0.1, -0.05) is 42.5 Å². The molecule has 162 valence electrons. The van der Waals surface area contributed by atoms with Gasteiger partial charge < -0.3 is 5.11 Å². The number of nitrogens with zero attached hydrogens (tertiary/aromatic N) is 2. The molecule has 0 unspecified atom stereocenters. The summed E-state index contributed by atoms with van der Waals surface area (Å²) in [4.78, 5) is 39.1. The zero-order valence-electron chi connectivity index (χ0n) is 16.9. The second-order valence-electron chi connectivity index (χ2n) is 7.46. The maximum absolute atomic E-state index is 12.7. The van der Waals surface area contributed by atoms with Gasteiger partial charge in [0.15, 0.2) is 5.13 Å². The first kappa shape index (κ1) is 20.5. The van der Waals surface area contributed by atoms with Gasteiger partial charge in [-0.3, -0.25) is 20.2 Å². The van der Waals surface area contributed by atoms with Gasteiger partial charge in [0.1, 0.15) is 5.56 Å². The highest BCUT2D eigenvalue weighted by molar-refractivity contribution is 7.14. The van der Waals surface area contributed by atoms with Crippen molar-refractivity contribution < 1.29 is 19.6 Å². The van der Waals surface area contributed by atoms with Crippen molar-refractivity contribution in [2.75, 3.05) is 5.32 Å². The molecule has 0 fully saturated rings.